The summed E-state index contributed by atoms with van der Waals surface area (Å²) in [4.78, 5) is 21.3. The molecule has 4 aromatic rings. The summed E-state index contributed by atoms with van der Waals surface area (Å²) in [6.45, 7) is 0.367. The number of nitrogens with one attached hydrogen (secondary N) is 1. The van der Waals surface area contributed by atoms with Crippen LogP contribution in [0.3, 0.4) is 0 Å². The van der Waals surface area contributed by atoms with Crippen molar-refractivity contribution in [3.05, 3.63) is 89.6 Å². The van der Waals surface area contributed by atoms with Gasteiger partial charge in [0.25, 0.3) is 5.91 Å². The second kappa shape index (κ2) is 8.53. The number of allylic oxidation sites excluding steroid dienone is 1. The Balaban J connectivity index is 1.61. The van der Waals surface area contributed by atoms with Gasteiger partial charge >= 0.3 is 0 Å². The van der Waals surface area contributed by atoms with Crippen LogP contribution in [0, 0.1) is 0 Å². The van der Waals surface area contributed by atoms with Gasteiger partial charge in [0.15, 0.2) is 5.82 Å². The number of benzene rings is 1. The van der Waals surface area contributed by atoms with Gasteiger partial charge in [-0.2, -0.15) is 9.67 Å². The lowest BCUT2D eigenvalue weighted by molar-refractivity contribution is 0.0957. The Kier molecular flexibility index (Phi) is 5.49. The second-order valence-electron chi connectivity index (χ2n) is 6.07. The van der Waals surface area contributed by atoms with Crippen molar-refractivity contribution in [2.45, 2.75) is 6.54 Å². The van der Waals surface area contributed by atoms with Gasteiger partial charge in [0.2, 0.25) is 5.95 Å². The predicted octanol–water partition coefficient (Wildman–Crippen LogP) is 4.55. The summed E-state index contributed by atoms with van der Waals surface area (Å²) >= 11 is 5.89. The number of carbonyl (C=O) groups excluding carboxylic acids is 1. The molecule has 0 fully saturated rings. The number of nitrogens with zero attached hydrogens (tertiary/aromatic N) is 4. The van der Waals surface area contributed by atoms with Crippen LogP contribution in [0.25, 0.3) is 17.5 Å². The largest absolute Gasteiger partial charge is 0.467 e. The highest BCUT2D eigenvalue weighted by Crippen LogP contribution is 2.18. The van der Waals surface area contributed by atoms with Crippen LogP contribution in [-0.2, 0) is 6.54 Å². The molecule has 0 amide bonds. The lowest BCUT2D eigenvalue weighted by Gasteiger charge is -2.03. The van der Waals surface area contributed by atoms with Gasteiger partial charge in [0.1, 0.15) is 5.76 Å². The summed E-state index contributed by atoms with van der Waals surface area (Å²) in [7, 11) is 0. The van der Waals surface area contributed by atoms with Crippen molar-refractivity contribution in [2.75, 3.05) is 5.32 Å². The molecule has 29 heavy (non-hydrogen) atoms. The lowest BCUT2D eigenvalue weighted by atomic mass is 10.2. The summed E-state index contributed by atoms with van der Waals surface area (Å²) in [5.41, 5.74) is 1.56. The fourth-order valence-corrected chi connectivity index (χ4v) is 2.71. The molecule has 0 aliphatic heterocycles. The van der Waals surface area contributed by atoms with Crippen LogP contribution < -0.4 is 5.32 Å². The molecule has 0 spiro atoms. The van der Waals surface area contributed by atoms with Gasteiger partial charge in [0.05, 0.1) is 12.8 Å². The van der Waals surface area contributed by atoms with Crippen LogP contribution in [0.1, 0.15) is 16.1 Å². The maximum atomic E-state index is 12.8. The maximum absolute atomic E-state index is 12.8. The molecular weight excluding hydrogens is 390 g/mol. The van der Waals surface area contributed by atoms with Crippen molar-refractivity contribution in [1.82, 2.24) is 19.7 Å². The SMILES string of the molecule is O=C(C=Cc1ccc(Cl)cc1)n1nc(-c2cccnc2)nc1NCc1ccco1. The van der Waals surface area contributed by atoms with Gasteiger partial charge in [0, 0.05) is 29.1 Å². The lowest BCUT2D eigenvalue weighted by Crippen LogP contribution is -2.14. The van der Waals surface area contributed by atoms with E-state index in [4.69, 9.17) is 16.0 Å². The summed E-state index contributed by atoms with van der Waals surface area (Å²) in [6, 6.07) is 14.4. The van der Waals surface area contributed by atoms with Crippen molar-refractivity contribution < 1.29 is 9.21 Å². The minimum absolute atomic E-state index is 0.311. The Morgan fingerprint density at radius 3 is 2.76 bits per heavy atom. The van der Waals surface area contributed by atoms with E-state index in [1.807, 2.05) is 24.3 Å². The third kappa shape index (κ3) is 4.59. The van der Waals surface area contributed by atoms with Crippen LogP contribution in [0.5, 0.6) is 0 Å². The first-order valence-corrected chi connectivity index (χ1v) is 9.18. The number of pyridine rings is 1. The van der Waals surface area contributed by atoms with Crippen LogP contribution in [0.4, 0.5) is 5.95 Å². The minimum atomic E-state index is -0.343. The third-order valence-corrected chi connectivity index (χ3v) is 4.28. The zero-order valence-electron chi connectivity index (χ0n) is 15.2. The number of hydrogen-bond acceptors (Lipinski definition) is 6. The smallest absolute Gasteiger partial charge is 0.274 e. The molecule has 3 heterocycles. The highest BCUT2D eigenvalue weighted by atomic mass is 35.5. The molecule has 8 heteroatoms. The number of rotatable bonds is 6. The fraction of sp³-hybridized carbons (Fsp3) is 0.0476. The maximum Gasteiger partial charge on any atom is 0.274 e. The third-order valence-electron chi connectivity index (χ3n) is 4.02. The van der Waals surface area contributed by atoms with Gasteiger partial charge in [-0.05, 0) is 48.0 Å². The van der Waals surface area contributed by atoms with Gasteiger partial charge < -0.3 is 9.73 Å². The minimum Gasteiger partial charge on any atom is -0.467 e. The molecule has 0 bridgehead atoms. The Labute approximate surface area is 171 Å². The number of halogens is 1. The summed E-state index contributed by atoms with van der Waals surface area (Å²) < 4.78 is 6.54. The van der Waals surface area contributed by atoms with Gasteiger partial charge in [-0.25, -0.2) is 0 Å². The molecule has 3 aromatic heterocycles. The number of furan rings is 1. The molecule has 0 radical (unpaired) electrons. The first-order valence-electron chi connectivity index (χ1n) is 8.81. The molecule has 1 aromatic carbocycles. The summed E-state index contributed by atoms with van der Waals surface area (Å²) in [5.74, 6) is 1.08. The Morgan fingerprint density at radius 2 is 2.03 bits per heavy atom. The van der Waals surface area contributed by atoms with E-state index < -0.39 is 0 Å². The molecule has 0 atom stereocenters. The van der Waals surface area contributed by atoms with Crippen molar-refractivity contribution in [1.29, 1.82) is 0 Å². The number of aromatic nitrogens is 4. The second-order valence-corrected chi connectivity index (χ2v) is 6.50. The van der Waals surface area contributed by atoms with Crippen LogP contribution in [-0.4, -0.2) is 25.7 Å². The molecule has 0 aliphatic rings. The average molecular weight is 406 g/mol. The molecule has 0 saturated carbocycles. The molecule has 4 rings (SSSR count). The van der Waals surface area contributed by atoms with Crippen molar-refractivity contribution in [2.24, 2.45) is 0 Å². The topological polar surface area (TPSA) is 85.8 Å². The average Bonchev–Trinajstić information content (AvgIpc) is 3.42. The first-order chi connectivity index (χ1) is 14.2. The molecule has 0 saturated heterocycles. The molecule has 0 aliphatic carbocycles. The zero-order chi connectivity index (χ0) is 20.1. The van der Waals surface area contributed by atoms with Crippen molar-refractivity contribution >= 4 is 29.5 Å². The highest BCUT2D eigenvalue weighted by Gasteiger charge is 2.16. The normalized spacial score (nSPS) is 11.1. The van der Waals surface area contributed by atoms with E-state index in [9.17, 15) is 4.79 Å². The molecule has 144 valence electrons. The van der Waals surface area contributed by atoms with E-state index >= 15 is 0 Å². The number of anilines is 1. The summed E-state index contributed by atoms with van der Waals surface area (Å²) in [6.07, 6.45) is 8.02. The Bertz CT molecular complexity index is 1120. The highest BCUT2D eigenvalue weighted by molar-refractivity contribution is 6.30. The van der Waals surface area contributed by atoms with E-state index in [2.05, 4.69) is 20.4 Å². The van der Waals surface area contributed by atoms with Gasteiger partial charge in [-0.1, -0.05) is 23.7 Å². The van der Waals surface area contributed by atoms with E-state index in [-0.39, 0.29) is 5.91 Å². The van der Waals surface area contributed by atoms with Crippen molar-refractivity contribution in [3.8, 4) is 11.4 Å². The van der Waals surface area contributed by atoms with E-state index in [0.29, 0.717) is 34.7 Å². The van der Waals surface area contributed by atoms with Crippen molar-refractivity contribution in [3.63, 3.8) is 0 Å². The molecular formula is C21H16ClN5O2. The van der Waals surface area contributed by atoms with Crippen LogP contribution >= 0.6 is 11.6 Å². The monoisotopic (exact) mass is 405 g/mol. The van der Waals surface area contributed by atoms with Crippen LogP contribution in [0.15, 0.2) is 77.7 Å². The van der Waals surface area contributed by atoms with E-state index in [0.717, 1.165) is 5.56 Å². The van der Waals surface area contributed by atoms with Crippen LogP contribution in [0.2, 0.25) is 5.02 Å². The quantitative estimate of drug-likeness (QED) is 0.473. The fourth-order valence-electron chi connectivity index (χ4n) is 2.59. The molecule has 7 nitrogen and oxygen atoms in total. The molecule has 0 unspecified atom stereocenters. The number of carbonyl (C=O) groups is 1. The molecule has 1 N–H and O–H groups in total. The van der Waals surface area contributed by atoms with E-state index in [1.54, 1.807) is 49.0 Å². The summed E-state index contributed by atoms with van der Waals surface area (Å²) in [5, 5.41) is 8.09. The number of hydrogen-bond donors (Lipinski definition) is 1. The standard InChI is InChI=1S/C21H16ClN5O2/c22-17-8-5-15(6-9-17)7-10-19(28)27-21(24-14-18-4-2-12-29-18)25-20(26-27)16-3-1-11-23-13-16/h1-13H,14H2,(H,24,25,26). The predicted molar refractivity (Wildman–Crippen MR) is 110 cm³/mol. The van der Waals surface area contributed by atoms with Gasteiger partial charge in [-0.15, -0.1) is 5.10 Å². The van der Waals surface area contributed by atoms with E-state index in [1.165, 1.54) is 10.8 Å². The Hall–Kier alpha value is -3.71. The Morgan fingerprint density at radius 1 is 1.17 bits per heavy atom. The first kappa shape index (κ1) is 18.6. The zero-order valence-corrected chi connectivity index (χ0v) is 16.0. The van der Waals surface area contributed by atoms with Gasteiger partial charge in [-0.3, -0.25) is 9.78 Å².